The lowest BCUT2D eigenvalue weighted by Crippen LogP contribution is -2.53. The zero-order chi connectivity index (χ0) is 18.7. The molecular formula is C20H33NO3Si. The van der Waals surface area contributed by atoms with Gasteiger partial charge in [0.05, 0.1) is 19.1 Å². The molecule has 0 spiro atoms. The van der Waals surface area contributed by atoms with E-state index in [1.54, 1.807) is 0 Å². The number of benzene rings is 1. The lowest BCUT2D eigenvalue weighted by atomic mass is 9.94. The van der Waals surface area contributed by atoms with Crippen LogP contribution in [0.2, 0.25) is 18.1 Å². The molecule has 1 heterocycles. The first-order chi connectivity index (χ1) is 11.6. The van der Waals surface area contributed by atoms with Crippen LogP contribution in [0.15, 0.2) is 30.3 Å². The van der Waals surface area contributed by atoms with Crippen molar-refractivity contribution in [2.75, 3.05) is 20.2 Å². The summed E-state index contributed by atoms with van der Waals surface area (Å²) in [5.74, 6) is -0.363. The van der Waals surface area contributed by atoms with Gasteiger partial charge in [-0.2, -0.15) is 0 Å². The molecule has 0 N–H and O–H groups in total. The van der Waals surface area contributed by atoms with Crippen molar-refractivity contribution >= 4 is 14.3 Å². The van der Waals surface area contributed by atoms with Gasteiger partial charge < -0.3 is 9.16 Å². The van der Waals surface area contributed by atoms with Crippen LogP contribution < -0.4 is 0 Å². The molecular weight excluding hydrogens is 330 g/mol. The van der Waals surface area contributed by atoms with Gasteiger partial charge in [-0.1, -0.05) is 51.1 Å². The number of nitrogens with zero attached hydrogens (tertiary/aromatic N) is 1. The molecule has 0 bridgehead atoms. The fourth-order valence-electron chi connectivity index (χ4n) is 3.06. The highest BCUT2D eigenvalue weighted by Crippen LogP contribution is 2.39. The Labute approximate surface area is 153 Å². The molecule has 1 fully saturated rings. The second kappa shape index (κ2) is 8.02. The fourth-order valence-corrected chi connectivity index (χ4v) is 4.45. The Morgan fingerprint density at radius 1 is 1.24 bits per heavy atom. The average Bonchev–Trinajstić information content (AvgIpc) is 2.55. The van der Waals surface area contributed by atoms with Crippen molar-refractivity contribution in [1.82, 2.24) is 4.90 Å². The number of esters is 1. The zero-order valence-corrected chi connectivity index (χ0v) is 17.5. The third-order valence-electron chi connectivity index (χ3n) is 5.64. The molecule has 2 atom stereocenters. The Balaban J connectivity index is 2.09. The molecule has 1 aliphatic rings. The van der Waals surface area contributed by atoms with Crippen molar-refractivity contribution in [1.29, 1.82) is 0 Å². The third kappa shape index (κ3) is 5.15. The molecule has 2 unspecified atom stereocenters. The van der Waals surface area contributed by atoms with Crippen LogP contribution in [0.4, 0.5) is 0 Å². The maximum Gasteiger partial charge on any atom is 0.312 e. The topological polar surface area (TPSA) is 38.8 Å². The lowest BCUT2D eigenvalue weighted by molar-refractivity contribution is -0.152. The Bertz CT molecular complexity index is 568. The maximum atomic E-state index is 12.4. The summed E-state index contributed by atoms with van der Waals surface area (Å²) < 4.78 is 11.7. The summed E-state index contributed by atoms with van der Waals surface area (Å²) in [5, 5.41) is 0.134. The number of carbonyl (C=O) groups is 1. The molecule has 140 valence electrons. The van der Waals surface area contributed by atoms with Crippen LogP contribution >= 0.6 is 0 Å². The molecule has 0 aromatic heterocycles. The quantitative estimate of drug-likeness (QED) is 0.584. The van der Waals surface area contributed by atoms with Crippen molar-refractivity contribution in [3.63, 3.8) is 0 Å². The van der Waals surface area contributed by atoms with E-state index in [9.17, 15) is 4.79 Å². The number of ether oxygens (including phenoxy) is 1. The van der Waals surface area contributed by atoms with Crippen molar-refractivity contribution in [3.05, 3.63) is 35.9 Å². The van der Waals surface area contributed by atoms with Crippen LogP contribution in [-0.4, -0.2) is 45.5 Å². The van der Waals surface area contributed by atoms with Crippen LogP contribution in [-0.2, 0) is 20.5 Å². The molecule has 1 aromatic rings. The minimum Gasteiger partial charge on any atom is -0.469 e. The Hall–Kier alpha value is -1.17. The first kappa shape index (κ1) is 20.1. The summed E-state index contributed by atoms with van der Waals surface area (Å²) in [5.41, 5.74) is 1.27. The molecule has 25 heavy (non-hydrogen) atoms. The standard InChI is InChI=1S/C20H33NO3Si/c1-20(2,3)25(5,6)24-18-12-13-21(15-17(18)19(22)23-4)14-16-10-8-7-9-11-16/h7-11,17-18H,12-15H2,1-6H3. The fraction of sp³-hybridized carbons (Fsp3) is 0.650. The Kier molecular flexibility index (Phi) is 6.46. The zero-order valence-electron chi connectivity index (χ0n) is 16.5. The highest BCUT2D eigenvalue weighted by molar-refractivity contribution is 6.74. The number of carbonyl (C=O) groups excluding carboxylic acids is 1. The van der Waals surface area contributed by atoms with Crippen LogP contribution in [0.3, 0.4) is 0 Å². The van der Waals surface area contributed by atoms with Gasteiger partial charge in [0.2, 0.25) is 0 Å². The number of hydrogen-bond acceptors (Lipinski definition) is 4. The van der Waals surface area contributed by atoms with Gasteiger partial charge in [-0.3, -0.25) is 9.69 Å². The van der Waals surface area contributed by atoms with E-state index in [0.717, 1.165) is 19.5 Å². The molecule has 0 radical (unpaired) electrons. The summed E-state index contributed by atoms with van der Waals surface area (Å²) >= 11 is 0. The highest BCUT2D eigenvalue weighted by Gasteiger charge is 2.44. The van der Waals surface area contributed by atoms with Gasteiger partial charge in [-0.15, -0.1) is 0 Å². The molecule has 5 heteroatoms. The largest absolute Gasteiger partial charge is 0.469 e. The second-order valence-electron chi connectivity index (χ2n) is 8.56. The number of methoxy groups -OCH3 is 1. The van der Waals surface area contributed by atoms with Crippen LogP contribution in [0, 0.1) is 5.92 Å². The molecule has 1 aliphatic heterocycles. The number of piperidine rings is 1. The summed E-state index contributed by atoms with van der Waals surface area (Å²) in [4.78, 5) is 14.7. The number of likely N-dealkylation sites (tertiary alicyclic amines) is 1. The predicted molar refractivity (Wildman–Crippen MR) is 104 cm³/mol. The minimum atomic E-state index is -1.92. The first-order valence-electron chi connectivity index (χ1n) is 9.16. The first-order valence-corrected chi connectivity index (χ1v) is 12.1. The number of rotatable bonds is 5. The Morgan fingerprint density at radius 3 is 2.44 bits per heavy atom. The van der Waals surface area contributed by atoms with E-state index in [1.165, 1.54) is 12.7 Å². The van der Waals surface area contributed by atoms with Gasteiger partial charge in [0.15, 0.2) is 8.32 Å². The van der Waals surface area contributed by atoms with Gasteiger partial charge in [0.1, 0.15) is 0 Å². The molecule has 1 saturated heterocycles. The normalized spacial score (nSPS) is 22.6. The molecule has 4 nitrogen and oxygen atoms in total. The van der Waals surface area contributed by atoms with E-state index in [4.69, 9.17) is 9.16 Å². The van der Waals surface area contributed by atoms with E-state index in [-0.39, 0.29) is 23.0 Å². The van der Waals surface area contributed by atoms with Crippen LogP contribution in [0.5, 0.6) is 0 Å². The average molecular weight is 364 g/mol. The lowest BCUT2D eigenvalue weighted by Gasteiger charge is -2.44. The van der Waals surface area contributed by atoms with E-state index in [0.29, 0.717) is 6.54 Å². The van der Waals surface area contributed by atoms with Gasteiger partial charge in [0, 0.05) is 19.6 Å². The SMILES string of the molecule is COC(=O)C1CN(Cc2ccccc2)CCC1O[Si](C)(C)C(C)(C)C. The van der Waals surface area contributed by atoms with Gasteiger partial charge in [0.25, 0.3) is 0 Å². The summed E-state index contributed by atoms with van der Waals surface area (Å²) in [7, 11) is -0.441. The molecule has 0 amide bonds. The van der Waals surface area contributed by atoms with E-state index in [1.807, 2.05) is 6.07 Å². The predicted octanol–water partition coefficient (Wildman–Crippen LogP) is 4.07. The third-order valence-corrected chi connectivity index (χ3v) is 10.1. The highest BCUT2D eigenvalue weighted by atomic mass is 28.4. The van der Waals surface area contributed by atoms with Gasteiger partial charge in [-0.25, -0.2) is 0 Å². The van der Waals surface area contributed by atoms with Crippen LogP contribution in [0.1, 0.15) is 32.8 Å². The van der Waals surface area contributed by atoms with Crippen molar-refractivity contribution in [2.45, 2.75) is 58.0 Å². The van der Waals surface area contributed by atoms with Gasteiger partial charge >= 0.3 is 5.97 Å². The smallest absolute Gasteiger partial charge is 0.312 e. The monoisotopic (exact) mass is 363 g/mol. The number of hydrogen-bond donors (Lipinski definition) is 0. The second-order valence-corrected chi connectivity index (χ2v) is 13.3. The van der Waals surface area contributed by atoms with E-state index in [2.05, 4.69) is 63.0 Å². The molecule has 2 rings (SSSR count). The molecule has 1 aromatic carbocycles. The minimum absolute atomic E-state index is 0.0413. The van der Waals surface area contributed by atoms with Crippen molar-refractivity contribution < 1.29 is 14.0 Å². The van der Waals surface area contributed by atoms with Crippen molar-refractivity contribution in [2.24, 2.45) is 5.92 Å². The van der Waals surface area contributed by atoms with E-state index >= 15 is 0 Å². The molecule has 0 aliphatic carbocycles. The van der Waals surface area contributed by atoms with E-state index < -0.39 is 8.32 Å². The summed E-state index contributed by atoms with van der Waals surface area (Å²) in [6, 6.07) is 10.4. The molecule has 0 saturated carbocycles. The van der Waals surface area contributed by atoms with Crippen LogP contribution in [0.25, 0.3) is 0 Å². The van der Waals surface area contributed by atoms with Gasteiger partial charge in [-0.05, 0) is 30.1 Å². The Morgan fingerprint density at radius 2 is 1.88 bits per heavy atom. The van der Waals surface area contributed by atoms with Crippen molar-refractivity contribution in [3.8, 4) is 0 Å². The summed E-state index contributed by atoms with van der Waals surface area (Å²) in [6.07, 6.45) is 0.833. The maximum absolute atomic E-state index is 12.4. The summed E-state index contributed by atoms with van der Waals surface area (Å²) in [6.45, 7) is 13.7.